The molecule has 12 heteroatoms. The Balaban J connectivity index is 1.22. The van der Waals surface area contributed by atoms with E-state index < -0.39 is 10.0 Å². The lowest BCUT2D eigenvalue weighted by Gasteiger charge is -2.54. The molecule has 3 atom stereocenters. The maximum atomic E-state index is 12.0. The van der Waals surface area contributed by atoms with Crippen LogP contribution in [0.4, 0.5) is 5.82 Å². The van der Waals surface area contributed by atoms with E-state index in [1.165, 1.54) is 6.26 Å². The third-order valence-electron chi connectivity index (χ3n) is 7.00. The van der Waals surface area contributed by atoms with Crippen molar-refractivity contribution in [2.75, 3.05) is 24.2 Å². The van der Waals surface area contributed by atoms with Crippen LogP contribution in [0.25, 0.3) is 22.2 Å². The van der Waals surface area contributed by atoms with Crippen LogP contribution in [-0.4, -0.2) is 64.3 Å². The summed E-state index contributed by atoms with van der Waals surface area (Å²) in [5.41, 5.74) is 3.17. The normalized spacial score (nSPS) is 20.6. The quantitative estimate of drug-likeness (QED) is 0.366. The Morgan fingerprint density at radius 3 is 2.46 bits per heavy atom. The molecule has 37 heavy (non-hydrogen) atoms. The predicted molar refractivity (Wildman–Crippen MR) is 144 cm³/mol. The summed E-state index contributed by atoms with van der Waals surface area (Å²) in [4.78, 5) is 10.8. The molecule has 0 saturated carbocycles. The molecule has 3 aliphatic rings. The minimum absolute atomic E-state index is 0.0169. The van der Waals surface area contributed by atoms with Gasteiger partial charge in [-0.15, -0.1) is 0 Å². The first-order valence-corrected chi connectivity index (χ1v) is 14.4. The van der Waals surface area contributed by atoms with Crippen molar-refractivity contribution in [3.8, 4) is 17.0 Å². The van der Waals surface area contributed by atoms with Crippen LogP contribution in [0.1, 0.15) is 25.0 Å². The zero-order valence-electron chi connectivity index (χ0n) is 20.1. The number of hydrogen-bond donors (Lipinski definition) is 1. The number of aromatic nitrogens is 4. The zero-order valence-corrected chi connectivity index (χ0v) is 22.4. The molecule has 3 aromatic heterocycles. The molecule has 1 N–H and O–H groups in total. The van der Waals surface area contributed by atoms with Crippen molar-refractivity contribution in [1.29, 1.82) is 0 Å². The van der Waals surface area contributed by atoms with Gasteiger partial charge in [0.15, 0.2) is 0 Å². The van der Waals surface area contributed by atoms with E-state index in [2.05, 4.69) is 25.1 Å². The molecule has 0 amide bonds. The number of halogens is 2. The number of piperazine rings is 1. The van der Waals surface area contributed by atoms with Crippen LogP contribution in [0.3, 0.4) is 0 Å². The lowest BCUT2D eigenvalue weighted by Crippen LogP contribution is -2.70. The molecule has 0 aliphatic carbocycles. The highest BCUT2D eigenvalue weighted by Gasteiger charge is 2.49. The van der Waals surface area contributed by atoms with Crippen molar-refractivity contribution in [2.45, 2.75) is 31.5 Å². The molecule has 2 unspecified atom stereocenters. The number of benzene rings is 1. The molecule has 0 spiro atoms. The summed E-state index contributed by atoms with van der Waals surface area (Å²) in [6.07, 6.45) is 6.70. The van der Waals surface area contributed by atoms with E-state index in [4.69, 9.17) is 27.9 Å². The van der Waals surface area contributed by atoms with Gasteiger partial charge in [-0.2, -0.15) is 9.40 Å². The average Bonchev–Trinajstić information content (AvgIpc) is 3.26. The fourth-order valence-corrected chi connectivity index (χ4v) is 7.44. The Hall–Kier alpha value is -2.92. The highest BCUT2D eigenvalue weighted by molar-refractivity contribution is 7.88. The molecule has 2 bridgehead atoms. The summed E-state index contributed by atoms with van der Waals surface area (Å²) in [5.74, 6) is 1.48. The van der Waals surface area contributed by atoms with Crippen LogP contribution < -0.4 is 9.64 Å². The zero-order chi connectivity index (χ0) is 25.9. The number of rotatable bonds is 6. The van der Waals surface area contributed by atoms with Gasteiger partial charge in [0.2, 0.25) is 10.0 Å². The number of nitrogens with zero attached hydrogens (tertiary/aromatic N) is 5. The number of piperidine rings is 1. The smallest absolute Gasteiger partial charge is 0.211 e. The first-order chi connectivity index (χ1) is 17.7. The molecule has 3 aliphatic heterocycles. The average molecular weight is 559 g/mol. The van der Waals surface area contributed by atoms with Crippen molar-refractivity contribution < 1.29 is 13.2 Å². The molecule has 9 nitrogen and oxygen atoms in total. The van der Waals surface area contributed by atoms with Gasteiger partial charge in [0.05, 0.1) is 21.8 Å². The highest BCUT2D eigenvalue weighted by atomic mass is 35.5. The van der Waals surface area contributed by atoms with E-state index in [9.17, 15) is 8.42 Å². The van der Waals surface area contributed by atoms with Crippen LogP contribution in [0.2, 0.25) is 10.0 Å². The Morgan fingerprint density at radius 1 is 1.08 bits per heavy atom. The molecule has 3 saturated heterocycles. The fourth-order valence-electron chi connectivity index (χ4n) is 5.38. The minimum Gasteiger partial charge on any atom is -0.486 e. The highest BCUT2D eigenvalue weighted by Crippen LogP contribution is 2.37. The molecule has 7 rings (SSSR count). The number of aromatic amines is 1. The SMILES string of the molecule is C[C@@H](Oc1ccc2[nH]nc(-c3ccc(N4CC5CC(C4)N5S(C)(=O)=O)nc3)c2c1)c1c(Cl)cncc1Cl. The second-order valence-corrected chi connectivity index (χ2v) is 12.2. The Kier molecular flexibility index (Phi) is 6.02. The van der Waals surface area contributed by atoms with Crippen molar-refractivity contribution in [1.82, 2.24) is 24.5 Å². The van der Waals surface area contributed by atoms with E-state index in [-0.39, 0.29) is 18.2 Å². The summed E-state index contributed by atoms with van der Waals surface area (Å²) < 4.78 is 31.8. The lowest BCUT2D eigenvalue weighted by molar-refractivity contribution is 0.0884. The maximum absolute atomic E-state index is 12.0. The number of pyridine rings is 2. The van der Waals surface area contributed by atoms with E-state index in [0.717, 1.165) is 34.4 Å². The monoisotopic (exact) mass is 558 g/mol. The van der Waals surface area contributed by atoms with E-state index in [0.29, 0.717) is 34.4 Å². The number of nitrogens with one attached hydrogen (secondary N) is 1. The second kappa shape index (κ2) is 9.13. The van der Waals surface area contributed by atoms with Crippen LogP contribution in [0.5, 0.6) is 5.75 Å². The first kappa shape index (κ1) is 24.4. The third-order valence-corrected chi connectivity index (χ3v) is 8.96. The van der Waals surface area contributed by atoms with Gasteiger partial charge in [-0.25, -0.2) is 13.4 Å². The number of sulfonamides is 1. The maximum Gasteiger partial charge on any atom is 0.211 e. The largest absolute Gasteiger partial charge is 0.486 e. The standard InChI is InChI=1S/C25H24Cl2N6O3S/c1-14(24-20(26)10-28-11-21(24)27)36-18-4-5-22-19(8-18)25(31-30-22)15-3-6-23(29-9-15)32-12-16-7-17(13-32)33(16)37(2,34)35/h3-6,8-11,14,16-17H,7,12-13H2,1-2H3,(H,30,31)/t14-,16?,17?/m1/s1. The topological polar surface area (TPSA) is 104 Å². The van der Waals surface area contributed by atoms with Gasteiger partial charge < -0.3 is 9.64 Å². The summed E-state index contributed by atoms with van der Waals surface area (Å²) in [6.45, 7) is 3.17. The number of ether oxygens (including phenoxy) is 1. The third kappa shape index (κ3) is 4.41. The molecule has 1 aromatic carbocycles. The fraction of sp³-hybridized carbons (Fsp3) is 0.320. The Morgan fingerprint density at radius 2 is 1.81 bits per heavy atom. The Labute approximate surface area is 224 Å². The number of anilines is 1. The van der Waals surface area contributed by atoms with Crippen LogP contribution >= 0.6 is 23.2 Å². The van der Waals surface area contributed by atoms with Crippen LogP contribution in [0, 0.1) is 0 Å². The predicted octanol–water partition coefficient (Wildman–Crippen LogP) is 4.69. The Bertz CT molecular complexity index is 1560. The number of H-pyrrole nitrogens is 1. The van der Waals surface area contributed by atoms with Crippen molar-refractivity contribution in [3.05, 3.63) is 64.5 Å². The molecular formula is C25H24Cl2N6O3S. The van der Waals surface area contributed by atoms with Gasteiger partial charge in [-0.05, 0) is 43.7 Å². The molecule has 3 fully saturated rings. The number of fused-ring (bicyclic) bond motifs is 3. The van der Waals surface area contributed by atoms with Crippen LogP contribution in [0.15, 0.2) is 48.9 Å². The summed E-state index contributed by atoms with van der Waals surface area (Å²) in [5, 5.41) is 9.38. The van der Waals surface area contributed by atoms with Crippen molar-refractivity contribution in [2.24, 2.45) is 0 Å². The van der Waals surface area contributed by atoms with Gasteiger partial charge in [0, 0.05) is 60.3 Å². The summed E-state index contributed by atoms with van der Waals surface area (Å²) in [6, 6.07) is 9.69. The lowest BCUT2D eigenvalue weighted by atomic mass is 9.91. The number of hydrogen-bond acceptors (Lipinski definition) is 7. The van der Waals surface area contributed by atoms with Gasteiger partial charge >= 0.3 is 0 Å². The van der Waals surface area contributed by atoms with Gasteiger partial charge in [0.1, 0.15) is 23.4 Å². The van der Waals surface area contributed by atoms with E-state index in [1.54, 1.807) is 22.9 Å². The van der Waals surface area contributed by atoms with E-state index >= 15 is 0 Å². The van der Waals surface area contributed by atoms with Gasteiger partial charge in [0.25, 0.3) is 0 Å². The molecule has 4 aromatic rings. The molecule has 192 valence electrons. The molecule has 6 heterocycles. The first-order valence-electron chi connectivity index (χ1n) is 11.8. The van der Waals surface area contributed by atoms with Gasteiger partial charge in [-0.1, -0.05) is 23.2 Å². The van der Waals surface area contributed by atoms with Crippen molar-refractivity contribution in [3.63, 3.8) is 0 Å². The van der Waals surface area contributed by atoms with Crippen molar-refractivity contribution >= 4 is 49.9 Å². The van der Waals surface area contributed by atoms with Gasteiger partial charge in [-0.3, -0.25) is 10.1 Å². The summed E-state index contributed by atoms with van der Waals surface area (Å²) in [7, 11) is -3.17. The van der Waals surface area contributed by atoms with E-state index in [1.807, 2.05) is 37.3 Å². The summed E-state index contributed by atoms with van der Waals surface area (Å²) >= 11 is 12.6. The van der Waals surface area contributed by atoms with Crippen LogP contribution in [-0.2, 0) is 10.0 Å². The molecule has 0 radical (unpaired) electrons. The molecular weight excluding hydrogens is 535 g/mol. The minimum atomic E-state index is -3.17. The second-order valence-electron chi connectivity index (χ2n) is 9.50.